The Labute approximate surface area is 124 Å². The zero-order chi connectivity index (χ0) is 14.5. The van der Waals surface area contributed by atoms with E-state index in [4.69, 9.17) is 0 Å². The molecule has 2 amide bonds. The highest BCUT2D eigenvalue weighted by Gasteiger charge is 2.13. The fourth-order valence-corrected chi connectivity index (χ4v) is 2.86. The molecule has 0 radical (unpaired) electrons. The summed E-state index contributed by atoms with van der Waals surface area (Å²) in [7, 11) is 0. The maximum atomic E-state index is 12.0. The van der Waals surface area contributed by atoms with Crippen molar-refractivity contribution in [1.29, 1.82) is 0 Å². The summed E-state index contributed by atoms with van der Waals surface area (Å²) in [5.74, 6) is 0. The first kappa shape index (κ1) is 13.9. The topological polar surface area (TPSA) is 53.2 Å². The Bertz CT molecular complexity index is 615. The number of nitrogens with one attached hydrogen (secondary N) is 3. The SMILES string of the molecule is O=C(NCC[C@@H]1CCCN1)Nc1cccc2ccccc12. The Morgan fingerprint density at radius 3 is 2.90 bits per heavy atom. The first-order valence-corrected chi connectivity index (χ1v) is 7.59. The van der Waals surface area contributed by atoms with E-state index in [1.807, 2.05) is 42.5 Å². The fourth-order valence-electron chi connectivity index (χ4n) is 2.86. The van der Waals surface area contributed by atoms with Crippen molar-refractivity contribution in [3.8, 4) is 0 Å². The smallest absolute Gasteiger partial charge is 0.319 e. The number of carbonyl (C=O) groups excluding carboxylic acids is 1. The van der Waals surface area contributed by atoms with Gasteiger partial charge in [-0.15, -0.1) is 0 Å². The highest BCUT2D eigenvalue weighted by atomic mass is 16.2. The van der Waals surface area contributed by atoms with Gasteiger partial charge in [0.1, 0.15) is 0 Å². The third kappa shape index (κ3) is 3.52. The molecular formula is C17H21N3O. The van der Waals surface area contributed by atoms with Crippen LogP contribution in [-0.4, -0.2) is 25.2 Å². The van der Waals surface area contributed by atoms with Crippen molar-refractivity contribution in [3.05, 3.63) is 42.5 Å². The van der Waals surface area contributed by atoms with Gasteiger partial charge in [-0.1, -0.05) is 36.4 Å². The summed E-state index contributed by atoms with van der Waals surface area (Å²) in [5.41, 5.74) is 0.851. The summed E-state index contributed by atoms with van der Waals surface area (Å²) in [6, 6.07) is 14.4. The minimum Gasteiger partial charge on any atom is -0.338 e. The normalized spacial score (nSPS) is 17.8. The van der Waals surface area contributed by atoms with Crippen molar-refractivity contribution >= 4 is 22.5 Å². The number of fused-ring (bicyclic) bond motifs is 1. The lowest BCUT2D eigenvalue weighted by atomic mass is 10.1. The standard InChI is InChI=1S/C17H21N3O/c21-17(19-12-10-14-7-4-11-18-14)20-16-9-3-6-13-5-1-2-8-15(13)16/h1-3,5-6,8-9,14,18H,4,7,10-12H2,(H2,19,20,21)/t14-/m0/s1. The molecule has 110 valence electrons. The van der Waals surface area contributed by atoms with Gasteiger partial charge in [-0.2, -0.15) is 0 Å². The Morgan fingerprint density at radius 1 is 1.19 bits per heavy atom. The first-order valence-electron chi connectivity index (χ1n) is 7.59. The summed E-state index contributed by atoms with van der Waals surface area (Å²) in [6.07, 6.45) is 3.45. The average Bonchev–Trinajstić information content (AvgIpc) is 3.01. The second kappa shape index (κ2) is 6.59. The van der Waals surface area contributed by atoms with E-state index in [1.165, 1.54) is 12.8 Å². The molecule has 2 aromatic carbocycles. The van der Waals surface area contributed by atoms with Crippen LogP contribution >= 0.6 is 0 Å². The number of hydrogen-bond donors (Lipinski definition) is 3. The lowest BCUT2D eigenvalue weighted by Crippen LogP contribution is -2.33. The fraction of sp³-hybridized carbons (Fsp3) is 0.353. The van der Waals surface area contributed by atoms with Crippen molar-refractivity contribution in [1.82, 2.24) is 10.6 Å². The first-order chi connectivity index (χ1) is 10.3. The van der Waals surface area contributed by atoms with E-state index in [-0.39, 0.29) is 6.03 Å². The second-order valence-corrected chi connectivity index (χ2v) is 5.49. The van der Waals surface area contributed by atoms with E-state index in [2.05, 4.69) is 16.0 Å². The van der Waals surface area contributed by atoms with Crippen molar-refractivity contribution < 1.29 is 4.79 Å². The Kier molecular flexibility index (Phi) is 4.36. The quantitative estimate of drug-likeness (QED) is 0.807. The zero-order valence-electron chi connectivity index (χ0n) is 12.1. The van der Waals surface area contributed by atoms with Gasteiger partial charge >= 0.3 is 6.03 Å². The molecular weight excluding hydrogens is 262 g/mol. The lowest BCUT2D eigenvalue weighted by Gasteiger charge is -2.12. The van der Waals surface area contributed by atoms with Crippen LogP contribution in [0.15, 0.2) is 42.5 Å². The van der Waals surface area contributed by atoms with Crippen LogP contribution in [0.5, 0.6) is 0 Å². The monoisotopic (exact) mass is 283 g/mol. The molecule has 0 aromatic heterocycles. The van der Waals surface area contributed by atoms with Crippen molar-refractivity contribution in [2.24, 2.45) is 0 Å². The van der Waals surface area contributed by atoms with E-state index in [1.54, 1.807) is 0 Å². The van der Waals surface area contributed by atoms with Crippen molar-refractivity contribution in [3.63, 3.8) is 0 Å². The summed E-state index contributed by atoms with van der Waals surface area (Å²) in [4.78, 5) is 12.0. The van der Waals surface area contributed by atoms with Crippen LogP contribution in [0.4, 0.5) is 10.5 Å². The van der Waals surface area contributed by atoms with Crippen molar-refractivity contribution in [2.75, 3.05) is 18.4 Å². The molecule has 2 aromatic rings. The summed E-state index contributed by atoms with van der Waals surface area (Å²) < 4.78 is 0. The number of benzene rings is 2. The predicted molar refractivity (Wildman–Crippen MR) is 86.6 cm³/mol. The summed E-state index contributed by atoms with van der Waals surface area (Å²) in [5, 5.41) is 11.5. The van der Waals surface area contributed by atoms with E-state index in [9.17, 15) is 4.79 Å². The minimum atomic E-state index is -0.135. The molecule has 3 rings (SSSR count). The van der Waals surface area contributed by atoms with Gasteiger partial charge in [-0.25, -0.2) is 4.79 Å². The van der Waals surface area contributed by atoms with Gasteiger partial charge in [0.15, 0.2) is 0 Å². The number of carbonyl (C=O) groups is 1. The van der Waals surface area contributed by atoms with Crippen LogP contribution in [0.3, 0.4) is 0 Å². The molecule has 1 aliphatic heterocycles. The molecule has 1 saturated heterocycles. The van der Waals surface area contributed by atoms with Crippen LogP contribution in [0, 0.1) is 0 Å². The molecule has 3 N–H and O–H groups in total. The molecule has 0 bridgehead atoms. The maximum absolute atomic E-state index is 12.0. The van der Waals surface area contributed by atoms with Gasteiger partial charge < -0.3 is 16.0 Å². The van der Waals surface area contributed by atoms with E-state index >= 15 is 0 Å². The minimum absolute atomic E-state index is 0.135. The lowest BCUT2D eigenvalue weighted by molar-refractivity contribution is 0.251. The third-order valence-electron chi connectivity index (χ3n) is 3.98. The second-order valence-electron chi connectivity index (χ2n) is 5.49. The van der Waals surface area contributed by atoms with Crippen molar-refractivity contribution in [2.45, 2.75) is 25.3 Å². The highest BCUT2D eigenvalue weighted by Crippen LogP contribution is 2.22. The van der Waals surface area contributed by atoms with E-state index in [0.29, 0.717) is 12.6 Å². The molecule has 1 heterocycles. The van der Waals surface area contributed by atoms with Crippen LogP contribution in [0.1, 0.15) is 19.3 Å². The Hall–Kier alpha value is -2.07. The van der Waals surface area contributed by atoms with Crippen LogP contribution in [0.2, 0.25) is 0 Å². The molecule has 1 aliphatic rings. The molecule has 21 heavy (non-hydrogen) atoms. The van der Waals surface area contributed by atoms with Crippen LogP contribution in [-0.2, 0) is 0 Å². The molecule has 4 nitrogen and oxygen atoms in total. The van der Waals surface area contributed by atoms with E-state index < -0.39 is 0 Å². The number of amides is 2. The summed E-state index contributed by atoms with van der Waals surface area (Å²) in [6.45, 7) is 1.81. The molecule has 1 fully saturated rings. The van der Waals surface area contributed by atoms with Crippen LogP contribution < -0.4 is 16.0 Å². The number of urea groups is 1. The third-order valence-corrected chi connectivity index (χ3v) is 3.98. The van der Waals surface area contributed by atoms with E-state index in [0.717, 1.165) is 29.4 Å². The molecule has 1 atom stereocenters. The Morgan fingerprint density at radius 2 is 2.05 bits per heavy atom. The molecule has 4 heteroatoms. The van der Waals surface area contributed by atoms with Gasteiger partial charge in [0.05, 0.1) is 5.69 Å². The number of anilines is 1. The van der Waals surface area contributed by atoms with Gasteiger partial charge in [0.2, 0.25) is 0 Å². The molecule has 0 spiro atoms. The average molecular weight is 283 g/mol. The predicted octanol–water partition coefficient (Wildman–Crippen LogP) is 3.10. The van der Waals surface area contributed by atoms with Gasteiger partial charge in [-0.05, 0) is 37.3 Å². The van der Waals surface area contributed by atoms with Crippen LogP contribution in [0.25, 0.3) is 10.8 Å². The van der Waals surface area contributed by atoms with Gasteiger partial charge in [0.25, 0.3) is 0 Å². The maximum Gasteiger partial charge on any atom is 0.319 e. The summed E-state index contributed by atoms with van der Waals surface area (Å²) >= 11 is 0. The van der Waals surface area contributed by atoms with Gasteiger partial charge in [0, 0.05) is 18.0 Å². The van der Waals surface area contributed by atoms with Gasteiger partial charge in [-0.3, -0.25) is 0 Å². The molecule has 0 saturated carbocycles. The number of hydrogen-bond acceptors (Lipinski definition) is 2. The largest absolute Gasteiger partial charge is 0.338 e. The zero-order valence-corrected chi connectivity index (χ0v) is 12.1. The molecule has 0 unspecified atom stereocenters. The molecule has 0 aliphatic carbocycles. The highest BCUT2D eigenvalue weighted by molar-refractivity contribution is 6.01. The Balaban J connectivity index is 1.56. The number of rotatable bonds is 4.